The molecule has 1 saturated heterocycles. The second-order valence-electron chi connectivity index (χ2n) is 7.08. The number of guanidine groups is 1. The van der Waals surface area contributed by atoms with Crippen LogP contribution in [0.15, 0.2) is 4.99 Å². The van der Waals surface area contributed by atoms with Crippen molar-refractivity contribution < 1.29 is 9.84 Å². The van der Waals surface area contributed by atoms with Crippen molar-refractivity contribution in [3.8, 4) is 0 Å². The number of halogens is 1. The maximum Gasteiger partial charge on any atom is 0.193 e. The van der Waals surface area contributed by atoms with Gasteiger partial charge in [-0.1, -0.05) is 12.8 Å². The number of piperidine rings is 1. The highest BCUT2D eigenvalue weighted by atomic mass is 127. The smallest absolute Gasteiger partial charge is 0.193 e. The van der Waals surface area contributed by atoms with Gasteiger partial charge >= 0.3 is 0 Å². The van der Waals surface area contributed by atoms with Gasteiger partial charge in [0.15, 0.2) is 5.96 Å². The van der Waals surface area contributed by atoms with E-state index in [0.717, 1.165) is 44.9 Å². The first kappa shape index (κ1) is 19.2. The minimum absolute atomic E-state index is 0. The van der Waals surface area contributed by atoms with Gasteiger partial charge in [0.1, 0.15) is 0 Å². The zero-order valence-electron chi connectivity index (χ0n) is 14.5. The van der Waals surface area contributed by atoms with E-state index in [1.54, 1.807) is 0 Å². The van der Waals surface area contributed by atoms with Crippen molar-refractivity contribution in [1.82, 2.24) is 10.2 Å². The number of hydrogen-bond donors (Lipinski definition) is 2. The van der Waals surface area contributed by atoms with E-state index in [-0.39, 0.29) is 30.1 Å². The number of rotatable bonds is 3. The first-order valence-corrected chi connectivity index (χ1v) is 8.97. The molecule has 134 valence electrons. The molecule has 0 bridgehead atoms. The quantitative estimate of drug-likeness (QED) is 0.405. The molecule has 0 amide bonds. The lowest BCUT2D eigenvalue weighted by molar-refractivity contribution is -0.126. The highest BCUT2D eigenvalue weighted by molar-refractivity contribution is 14.0. The molecule has 5 nitrogen and oxygen atoms in total. The van der Waals surface area contributed by atoms with Crippen molar-refractivity contribution in [2.24, 2.45) is 10.4 Å². The number of ether oxygens (including phenoxy) is 1. The van der Waals surface area contributed by atoms with Gasteiger partial charge in [0.05, 0.1) is 12.2 Å². The number of nitrogens with one attached hydrogen (secondary N) is 1. The average Bonchev–Trinajstić information content (AvgIpc) is 3.04. The van der Waals surface area contributed by atoms with E-state index in [0.29, 0.717) is 17.6 Å². The van der Waals surface area contributed by atoms with Crippen molar-refractivity contribution in [3.05, 3.63) is 0 Å². The predicted octanol–water partition coefficient (Wildman–Crippen LogP) is 2.37. The van der Waals surface area contributed by atoms with Crippen LogP contribution in [0.1, 0.15) is 51.9 Å². The van der Waals surface area contributed by atoms with Crippen LogP contribution in [0.25, 0.3) is 0 Å². The Bertz CT molecular complexity index is 405. The van der Waals surface area contributed by atoms with Crippen molar-refractivity contribution in [2.45, 2.75) is 70.1 Å². The third kappa shape index (κ3) is 3.79. The first-order valence-electron chi connectivity index (χ1n) is 8.97. The van der Waals surface area contributed by atoms with Crippen LogP contribution in [0.3, 0.4) is 0 Å². The third-order valence-corrected chi connectivity index (χ3v) is 5.97. The molecule has 2 atom stereocenters. The molecule has 3 fully saturated rings. The van der Waals surface area contributed by atoms with E-state index in [1.165, 1.54) is 25.7 Å². The highest BCUT2D eigenvalue weighted by Gasteiger charge is 2.57. The van der Waals surface area contributed by atoms with Gasteiger partial charge in [-0.2, -0.15) is 0 Å². The molecule has 1 heterocycles. The molecule has 23 heavy (non-hydrogen) atoms. The minimum atomic E-state index is -0.137. The zero-order valence-corrected chi connectivity index (χ0v) is 16.8. The van der Waals surface area contributed by atoms with Gasteiger partial charge in [-0.15, -0.1) is 24.0 Å². The minimum Gasteiger partial charge on any atom is -0.393 e. The summed E-state index contributed by atoms with van der Waals surface area (Å²) in [5, 5.41) is 13.4. The normalized spacial score (nSPS) is 30.9. The predicted molar refractivity (Wildman–Crippen MR) is 103 cm³/mol. The summed E-state index contributed by atoms with van der Waals surface area (Å²) in [6.07, 6.45) is 8.31. The highest BCUT2D eigenvalue weighted by Crippen LogP contribution is 2.54. The molecule has 6 heteroatoms. The molecule has 2 aliphatic carbocycles. The standard InChI is InChI=1S/C17H31N3O2.HI/c1-3-22-15-12-14(17(15)8-4-5-9-17)19-16(18-2)20-10-6-13(21)7-11-20;/h13-15,21H,3-12H2,1-2H3,(H,18,19);1H. The monoisotopic (exact) mass is 437 g/mol. The Kier molecular flexibility index (Phi) is 6.98. The SMILES string of the molecule is CCOC1CC(NC(=NC)N2CCC(O)CC2)C12CCCC2.I. The van der Waals surface area contributed by atoms with Crippen molar-refractivity contribution >= 4 is 29.9 Å². The summed E-state index contributed by atoms with van der Waals surface area (Å²) in [6, 6.07) is 0.497. The van der Waals surface area contributed by atoms with Crippen molar-refractivity contribution in [3.63, 3.8) is 0 Å². The molecule has 0 aromatic heterocycles. The van der Waals surface area contributed by atoms with Crippen molar-refractivity contribution in [1.29, 1.82) is 0 Å². The first-order chi connectivity index (χ1) is 10.7. The van der Waals surface area contributed by atoms with E-state index in [1.807, 2.05) is 7.05 Å². The number of aliphatic hydroxyl groups is 1. The molecule has 2 saturated carbocycles. The van der Waals surface area contributed by atoms with Crippen LogP contribution >= 0.6 is 24.0 Å². The number of hydrogen-bond acceptors (Lipinski definition) is 3. The molecule has 2 unspecified atom stereocenters. The molecule has 1 spiro atoms. The summed E-state index contributed by atoms with van der Waals surface area (Å²) < 4.78 is 5.99. The Balaban J connectivity index is 0.00000192. The van der Waals surface area contributed by atoms with Crippen molar-refractivity contribution in [2.75, 3.05) is 26.7 Å². The van der Waals surface area contributed by atoms with Gasteiger partial charge in [-0.05, 0) is 39.0 Å². The second kappa shape index (κ2) is 8.34. The Hall–Kier alpha value is -0.0800. The number of aliphatic imine (C=N–C) groups is 1. The molecule has 0 radical (unpaired) electrons. The molecular formula is C17H32IN3O2. The molecular weight excluding hydrogens is 405 g/mol. The lowest BCUT2D eigenvalue weighted by atomic mass is 9.60. The van der Waals surface area contributed by atoms with Gasteiger partial charge < -0.3 is 20.1 Å². The Morgan fingerprint density at radius 1 is 1.30 bits per heavy atom. The number of nitrogens with zero attached hydrogens (tertiary/aromatic N) is 2. The summed E-state index contributed by atoms with van der Waals surface area (Å²) in [5.41, 5.74) is 0.335. The van der Waals surface area contributed by atoms with Gasteiger partial charge in [-0.3, -0.25) is 4.99 Å². The Labute approximate surface area is 157 Å². The summed E-state index contributed by atoms with van der Waals surface area (Å²) in [4.78, 5) is 6.79. The van der Waals surface area contributed by atoms with Gasteiger partial charge in [0.2, 0.25) is 0 Å². The second-order valence-corrected chi connectivity index (χ2v) is 7.08. The molecule has 0 aromatic rings. The number of likely N-dealkylation sites (tertiary alicyclic amines) is 1. The van der Waals surface area contributed by atoms with E-state index < -0.39 is 0 Å². The topological polar surface area (TPSA) is 57.1 Å². The maximum atomic E-state index is 9.68. The van der Waals surface area contributed by atoms with E-state index in [9.17, 15) is 5.11 Å². The molecule has 3 aliphatic rings. The van der Waals surface area contributed by atoms with Crippen LogP contribution in [-0.2, 0) is 4.74 Å². The van der Waals surface area contributed by atoms with Gasteiger partial charge in [-0.25, -0.2) is 0 Å². The largest absolute Gasteiger partial charge is 0.393 e. The third-order valence-electron chi connectivity index (χ3n) is 5.97. The average molecular weight is 437 g/mol. The molecule has 0 aromatic carbocycles. The summed E-state index contributed by atoms with van der Waals surface area (Å²) in [5.74, 6) is 1.01. The van der Waals surface area contributed by atoms with Crippen LogP contribution in [0.2, 0.25) is 0 Å². The Morgan fingerprint density at radius 3 is 2.52 bits per heavy atom. The van der Waals surface area contributed by atoms with Gasteiger partial charge in [0.25, 0.3) is 0 Å². The van der Waals surface area contributed by atoms with Crippen LogP contribution in [0, 0.1) is 5.41 Å². The van der Waals surface area contributed by atoms with Crippen LogP contribution in [0.4, 0.5) is 0 Å². The maximum absolute atomic E-state index is 9.68. The van der Waals surface area contributed by atoms with E-state index in [4.69, 9.17) is 4.74 Å². The zero-order chi connectivity index (χ0) is 15.6. The van der Waals surface area contributed by atoms with Crippen LogP contribution < -0.4 is 5.32 Å². The fraction of sp³-hybridized carbons (Fsp3) is 0.941. The fourth-order valence-electron chi connectivity index (χ4n) is 4.62. The fourth-order valence-corrected chi connectivity index (χ4v) is 4.62. The molecule has 1 aliphatic heterocycles. The van der Waals surface area contributed by atoms with E-state index >= 15 is 0 Å². The lowest BCUT2D eigenvalue weighted by Crippen LogP contribution is -2.65. The van der Waals surface area contributed by atoms with E-state index in [2.05, 4.69) is 22.1 Å². The lowest BCUT2D eigenvalue weighted by Gasteiger charge is -2.55. The Morgan fingerprint density at radius 2 is 1.96 bits per heavy atom. The van der Waals surface area contributed by atoms with Crippen LogP contribution in [-0.4, -0.2) is 61.0 Å². The number of aliphatic hydroxyl groups excluding tert-OH is 1. The summed E-state index contributed by atoms with van der Waals surface area (Å²) in [7, 11) is 1.87. The summed E-state index contributed by atoms with van der Waals surface area (Å²) in [6.45, 7) is 4.71. The molecule has 2 N–H and O–H groups in total. The summed E-state index contributed by atoms with van der Waals surface area (Å²) >= 11 is 0. The van der Waals surface area contributed by atoms with Gasteiger partial charge in [0, 0.05) is 38.2 Å². The van der Waals surface area contributed by atoms with Crippen LogP contribution in [0.5, 0.6) is 0 Å². The molecule has 3 rings (SSSR count).